The summed E-state index contributed by atoms with van der Waals surface area (Å²) in [5.41, 5.74) is 2.49. The van der Waals surface area contributed by atoms with Crippen molar-refractivity contribution >= 4 is 15.9 Å². The van der Waals surface area contributed by atoms with Gasteiger partial charge in [-0.3, -0.25) is 4.98 Å². The first-order valence-electron chi connectivity index (χ1n) is 6.24. The summed E-state index contributed by atoms with van der Waals surface area (Å²) in [6, 6.07) is 9.91. The molecule has 3 nitrogen and oxygen atoms in total. The van der Waals surface area contributed by atoms with Crippen LogP contribution in [0.15, 0.2) is 47.2 Å². The van der Waals surface area contributed by atoms with Gasteiger partial charge in [-0.05, 0) is 42.3 Å². The third-order valence-electron chi connectivity index (χ3n) is 2.80. The average Bonchev–Trinajstić information content (AvgIpc) is 2.40. The lowest BCUT2D eigenvalue weighted by molar-refractivity contribution is 0.313. The molecule has 2 rings (SSSR count). The molecule has 0 spiro atoms. The number of aromatic nitrogens is 1. The number of benzene rings is 1. The van der Waals surface area contributed by atoms with Gasteiger partial charge in [-0.25, -0.2) is 0 Å². The van der Waals surface area contributed by atoms with Crippen molar-refractivity contribution in [2.45, 2.75) is 13.5 Å². The predicted molar refractivity (Wildman–Crippen MR) is 80.3 cm³/mol. The molecule has 0 radical (unpaired) electrons. The largest absolute Gasteiger partial charge is 0.492 e. The highest BCUT2D eigenvalue weighted by Gasteiger charge is 1.97. The molecule has 4 heteroatoms. The van der Waals surface area contributed by atoms with E-state index in [0.29, 0.717) is 6.61 Å². The van der Waals surface area contributed by atoms with E-state index in [4.69, 9.17) is 4.74 Å². The van der Waals surface area contributed by atoms with Gasteiger partial charge >= 0.3 is 0 Å². The van der Waals surface area contributed by atoms with Crippen molar-refractivity contribution in [1.29, 1.82) is 0 Å². The molecule has 0 atom stereocenters. The summed E-state index contributed by atoms with van der Waals surface area (Å²) < 4.78 is 6.68. The number of nitrogens with one attached hydrogen (secondary N) is 1. The van der Waals surface area contributed by atoms with Crippen LogP contribution in [0.3, 0.4) is 0 Å². The fourth-order valence-electron chi connectivity index (χ4n) is 1.72. The normalized spacial score (nSPS) is 10.4. The molecule has 1 N–H and O–H groups in total. The molecule has 0 fully saturated rings. The maximum atomic E-state index is 5.65. The monoisotopic (exact) mass is 320 g/mol. The molecule has 1 aromatic heterocycles. The Morgan fingerprint density at radius 2 is 2.21 bits per heavy atom. The Kier molecular flexibility index (Phi) is 5.36. The van der Waals surface area contributed by atoms with E-state index < -0.39 is 0 Å². The van der Waals surface area contributed by atoms with Crippen LogP contribution >= 0.6 is 15.9 Å². The Labute approximate surface area is 122 Å². The Morgan fingerprint density at radius 1 is 1.32 bits per heavy atom. The first kappa shape index (κ1) is 14.0. The molecule has 0 bridgehead atoms. The predicted octanol–water partition coefficient (Wildman–Crippen LogP) is 3.32. The maximum absolute atomic E-state index is 5.65. The summed E-state index contributed by atoms with van der Waals surface area (Å²) in [5.74, 6) is 0.885. The van der Waals surface area contributed by atoms with Gasteiger partial charge in [-0.2, -0.15) is 0 Å². The molecule has 0 amide bonds. The summed E-state index contributed by atoms with van der Waals surface area (Å²) in [5, 5.41) is 3.36. The van der Waals surface area contributed by atoms with Crippen LogP contribution in [-0.2, 0) is 6.54 Å². The molecule has 0 saturated heterocycles. The summed E-state index contributed by atoms with van der Waals surface area (Å²) in [7, 11) is 0. The van der Waals surface area contributed by atoms with E-state index in [1.54, 1.807) is 0 Å². The highest BCUT2D eigenvalue weighted by atomic mass is 79.9. The summed E-state index contributed by atoms with van der Waals surface area (Å²) in [4.78, 5) is 4.08. The summed E-state index contributed by atoms with van der Waals surface area (Å²) in [6.07, 6.45) is 3.71. The third kappa shape index (κ3) is 4.65. The van der Waals surface area contributed by atoms with Crippen molar-refractivity contribution in [3.63, 3.8) is 0 Å². The van der Waals surface area contributed by atoms with Crippen molar-refractivity contribution in [2.24, 2.45) is 0 Å². The zero-order chi connectivity index (χ0) is 13.5. The fraction of sp³-hybridized carbons (Fsp3) is 0.267. The van der Waals surface area contributed by atoms with Crippen molar-refractivity contribution in [2.75, 3.05) is 13.2 Å². The highest BCUT2D eigenvalue weighted by Crippen LogP contribution is 2.17. The lowest BCUT2D eigenvalue weighted by Crippen LogP contribution is -2.21. The molecule has 0 aliphatic heterocycles. The Hall–Kier alpha value is -1.39. The van der Waals surface area contributed by atoms with E-state index in [2.05, 4.69) is 33.2 Å². The summed E-state index contributed by atoms with van der Waals surface area (Å²) in [6.45, 7) is 4.38. The molecular formula is C15H17BrN2O. The van der Waals surface area contributed by atoms with E-state index in [0.717, 1.165) is 23.3 Å². The number of pyridine rings is 1. The van der Waals surface area contributed by atoms with E-state index >= 15 is 0 Å². The van der Waals surface area contributed by atoms with Crippen LogP contribution in [0.4, 0.5) is 0 Å². The Bertz CT molecular complexity index is 531. The van der Waals surface area contributed by atoms with Gasteiger partial charge in [-0.1, -0.05) is 22.0 Å². The molecular weight excluding hydrogens is 304 g/mol. The fourth-order valence-corrected chi connectivity index (χ4v) is 2.10. The molecule has 100 valence electrons. The maximum Gasteiger partial charge on any atom is 0.120 e. The minimum Gasteiger partial charge on any atom is -0.492 e. The topological polar surface area (TPSA) is 34.2 Å². The highest BCUT2D eigenvalue weighted by molar-refractivity contribution is 9.10. The van der Waals surface area contributed by atoms with Gasteiger partial charge in [0, 0.05) is 30.0 Å². The molecule has 2 aromatic rings. The first-order valence-corrected chi connectivity index (χ1v) is 7.03. The molecule has 1 aromatic carbocycles. The number of ether oxygens (including phenoxy) is 1. The van der Waals surface area contributed by atoms with Crippen LogP contribution < -0.4 is 10.1 Å². The minimum absolute atomic E-state index is 0.653. The standard InChI is InChI=1S/C15H17BrN2O/c1-12-10-17-6-5-13(12)11-18-7-8-19-15-4-2-3-14(16)9-15/h2-6,9-10,18H,7-8,11H2,1H3. The van der Waals surface area contributed by atoms with Gasteiger partial charge in [-0.15, -0.1) is 0 Å². The lowest BCUT2D eigenvalue weighted by Gasteiger charge is -2.09. The quantitative estimate of drug-likeness (QED) is 0.829. The van der Waals surface area contributed by atoms with Crippen LogP contribution in [0.1, 0.15) is 11.1 Å². The smallest absolute Gasteiger partial charge is 0.120 e. The van der Waals surface area contributed by atoms with E-state index in [1.165, 1.54) is 11.1 Å². The second kappa shape index (κ2) is 7.26. The second-order valence-corrected chi connectivity index (χ2v) is 5.20. The zero-order valence-electron chi connectivity index (χ0n) is 10.9. The number of hydrogen-bond acceptors (Lipinski definition) is 3. The van der Waals surface area contributed by atoms with E-state index in [-0.39, 0.29) is 0 Å². The number of nitrogens with zero attached hydrogens (tertiary/aromatic N) is 1. The van der Waals surface area contributed by atoms with Crippen molar-refractivity contribution in [1.82, 2.24) is 10.3 Å². The Balaban J connectivity index is 1.69. The van der Waals surface area contributed by atoms with Gasteiger partial charge < -0.3 is 10.1 Å². The van der Waals surface area contributed by atoms with Crippen LogP contribution in [0, 0.1) is 6.92 Å². The second-order valence-electron chi connectivity index (χ2n) is 4.28. The van der Waals surface area contributed by atoms with Gasteiger partial charge in [0.05, 0.1) is 0 Å². The van der Waals surface area contributed by atoms with E-state index in [9.17, 15) is 0 Å². The number of halogens is 1. The first-order chi connectivity index (χ1) is 9.25. The van der Waals surface area contributed by atoms with Gasteiger partial charge in [0.1, 0.15) is 12.4 Å². The van der Waals surface area contributed by atoms with Crippen molar-refractivity contribution in [3.05, 3.63) is 58.3 Å². The average molecular weight is 321 g/mol. The zero-order valence-corrected chi connectivity index (χ0v) is 12.5. The van der Waals surface area contributed by atoms with Crippen molar-refractivity contribution < 1.29 is 4.74 Å². The number of rotatable bonds is 6. The molecule has 19 heavy (non-hydrogen) atoms. The van der Waals surface area contributed by atoms with Crippen molar-refractivity contribution in [3.8, 4) is 5.75 Å². The third-order valence-corrected chi connectivity index (χ3v) is 3.29. The van der Waals surface area contributed by atoms with Crippen LogP contribution in [-0.4, -0.2) is 18.1 Å². The van der Waals surface area contributed by atoms with Gasteiger partial charge in [0.2, 0.25) is 0 Å². The minimum atomic E-state index is 0.653. The Morgan fingerprint density at radius 3 is 3.00 bits per heavy atom. The van der Waals surface area contributed by atoms with Crippen LogP contribution in [0.5, 0.6) is 5.75 Å². The summed E-state index contributed by atoms with van der Waals surface area (Å²) >= 11 is 3.42. The van der Waals surface area contributed by atoms with Crippen LogP contribution in [0.2, 0.25) is 0 Å². The molecule has 0 saturated carbocycles. The van der Waals surface area contributed by atoms with Gasteiger partial charge in [0.15, 0.2) is 0 Å². The van der Waals surface area contributed by atoms with Gasteiger partial charge in [0.25, 0.3) is 0 Å². The van der Waals surface area contributed by atoms with Crippen LogP contribution in [0.25, 0.3) is 0 Å². The molecule has 1 heterocycles. The number of aryl methyl sites for hydroxylation is 1. The molecule has 0 unspecified atom stereocenters. The molecule has 0 aliphatic carbocycles. The van der Waals surface area contributed by atoms with E-state index in [1.807, 2.05) is 42.7 Å². The molecule has 0 aliphatic rings. The lowest BCUT2D eigenvalue weighted by atomic mass is 10.1. The SMILES string of the molecule is Cc1cnccc1CNCCOc1cccc(Br)c1. The number of hydrogen-bond donors (Lipinski definition) is 1.